The van der Waals surface area contributed by atoms with Crippen LogP contribution in [0.25, 0.3) is 0 Å². The summed E-state index contributed by atoms with van der Waals surface area (Å²) in [4.78, 5) is 27.1. The van der Waals surface area contributed by atoms with E-state index in [4.69, 9.17) is 13.7 Å². The molecule has 5 rings (SSSR count). The van der Waals surface area contributed by atoms with Crippen LogP contribution in [0.15, 0.2) is 11.6 Å². The number of alkyl halides is 3. The van der Waals surface area contributed by atoms with Crippen LogP contribution in [-0.4, -0.2) is 43.7 Å². The largest absolute Gasteiger partial charge is 0.523 e. The van der Waals surface area contributed by atoms with Crippen LogP contribution in [0.3, 0.4) is 0 Å². The third-order valence-corrected chi connectivity index (χ3v) is 10.9. The van der Waals surface area contributed by atoms with E-state index >= 15 is 0 Å². The molecule has 4 fully saturated rings. The van der Waals surface area contributed by atoms with E-state index in [0.29, 0.717) is 6.42 Å². The first-order chi connectivity index (χ1) is 15.4. The maximum atomic E-state index is 14.6. The Balaban J connectivity index is 1.78. The average Bonchev–Trinajstić information content (AvgIpc) is 3.00. The van der Waals surface area contributed by atoms with Gasteiger partial charge in [-0.2, -0.15) is 21.6 Å². The predicted octanol–water partition coefficient (Wildman–Crippen LogP) is 4.22. The highest BCUT2D eigenvalue weighted by atomic mass is 32.2. The second-order valence-corrected chi connectivity index (χ2v) is 13.0. The highest BCUT2D eigenvalue weighted by Crippen LogP contribution is 2.74. The zero-order valence-corrected chi connectivity index (χ0v) is 20.6. The summed E-state index contributed by atoms with van der Waals surface area (Å²) in [5.74, 6) is -3.76. The van der Waals surface area contributed by atoms with Crippen molar-refractivity contribution in [3.63, 3.8) is 0 Å². The molecule has 0 unspecified atom stereocenters. The lowest BCUT2D eigenvalue weighted by Crippen LogP contribution is -2.61. The summed E-state index contributed by atoms with van der Waals surface area (Å²) in [6.07, 6.45) is -1.45. The molecule has 1 saturated heterocycles. The van der Waals surface area contributed by atoms with Gasteiger partial charge in [0.15, 0.2) is 17.5 Å². The molecule has 2 bridgehead atoms. The number of ether oxygens (including phenoxy) is 2. The average molecular weight is 507 g/mol. The van der Waals surface area contributed by atoms with E-state index in [1.807, 2.05) is 27.7 Å². The molecule has 5 aliphatic rings. The molecule has 0 N–H and O–H groups in total. The summed E-state index contributed by atoms with van der Waals surface area (Å²) in [6.45, 7) is 10.9. The normalized spacial score (nSPS) is 49.0. The van der Waals surface area contributed by atoms with Crippen LogP contribution in [0, 0.1) is 46.3 Å². The molecule has 0 amide bonds. The van der Waals surface area contributed by atoms with Crippen molar-refractivity contribution in [3.05, 3.63) is 11.6 Å². The van der Waals surface area contributed by atoms with Crippen LogP contribution in [0.2, 0.25) is 0 Å². The summed E-state index contributed by atoms with van der Waals surface area (Å²) in [7, 11) is -6.02. The van der Waals surface area contributed by atoms with Crippen LogP contribution >= 0.6 is 0 Å². The van der Waals surface area contributed by atoms with Gasteiger partial charge in [0.1, 0.15) is 0 Å². The zero-order valence-electron chi connectivity index (χ0n) is 19.8. The fourth-order valence-electron chi connectivity index (χ4n) is 8.05. The van der Waals surface area contributed by atoms with Gasteiger partial charge in [-0.15, -0.1) is 0 Å². The Morgan fingerprint density at radius 1 is 1.15 bits per heavy atom. The molecule has 11 heteroatoms. The van der Waals surface area contributed by atoms with E-state index in [0.717, 1.165) is 5.57 Å². The lowest BCUT2D eigenvalue weighted by Gasteiger charge is -2.47. The molecule has 0 radical (unpaired) electrons. The number of hydrogen-bond donors (Lipinski definition) is 0. The first kappa shape index (κ1) is 24.1. The minimum Gasteiger partial charge on any atom is -0.426 e. The van der Waals surface area contributed by atoms with Crippen LogP contribution in [0.5, 0.6) is 0 Å². The molecule has 2 spiro atoms. The predicted molar refractivity (Wildman–Crippen MR) is 111 cm³/mol. The molecule has 3 saturated carbocycles. The second-order valence-electron chi connectivity index (χ2n) is 11.5. The van der Waals surface area contributed by atoms with Gasteiger partial charge in [0.05, 0.1) is 17.4 Å². The topological polar surface area (TPSA) is 96.0 Å². The molecule has 10 atom stereocenters. The van der Waals surface area contributed by atoms with Crippen molar-refractivity contribution in [2.75, 3.05) is 0 Å². The van der Waals surface area contributed by atoms with Crippen LogP contribution in [-0.2, 0) is 28.6 Å². The Morgan fingerprint density at radius 2 is 1.76 bits per heavy atom. The molecular formula is C23H29F3O7S. The molecule has 190 valence electrons. The minimum absolute atomic E-state index is 0.0149. The lowest BCUT2D eigenvalue weighted by atomic mass is 9.58. The Labute approximate surface area is 196 Å². The van der Waals surface area contributed by atoms with Crippen molar-refractivity contribution >= 4 is 22.1 Å². The van der Waals surface area contributed by atoms with Gasteiger partial charge in [-0.05, 0) is 36.5 Å². The van der Waals surface area contributed by atoms with Gasteiger partial charge in [-0.25, -0.2) is 4.79 Å². The van der Waals surface area contributed by atoms with E-state index < -0.39 is 68.5 Å². The lowest BCUT2D eigenvalue weighted by molar-refractivity contribution is -0.154. The van der Waals surface area contributed by atoms with Crippen molar-refractivity contribution in [1.82, 2.24) is 0 Å². The van der Waals surface area contributed by atoms with Gasteiger partial charge in [0, 0.05) is 11.8 Å². The first-order valence-electron chi connectivity index (χ1n) is 11.6. The molecule has 34 heavy (non-hydrogen) atoms. The van der Waals surface area contributed by atoms with Crippen molar-refractivity contribution in [2.45, 2.75) is 71.3 Å². The molecule has 1 heterocycles. The Kier molecular flexibility index (Phi) is 4.66. The Hall–Kier alpha value is -1.62. The molecule has 4 aliphatic carbocycles. The highest BCUT2D eigenvalue weighted by molar-refractivity contribution is 7.87. The van der Waals surface area contributed by atoms with Gasteiger partial charge in [0.2, 0.25) is 0 Å². The van der Waals surface area contributed by atoms with Crippen molar-refractivity contribution in [3.8, 4) is 0 Å². The summed E-state index contributed by atoms with van der Waals surface area (Å²) in [6, 6.07) is 0. The Morgan fingerprint density at radius 3 is 2.35 bits per heavy atom. The zero-order chi connectivity index (χ0) is 25.4. The maximum absolute atomic E-state index is 14.6. The van der Waals surface area contributed by atoms with Crippen molar-refractivity contribution in [1.29, 1.82) is 0 Å². The second kappa shape index (κ2) is 6.57. The molecule has 0 aromatic heterocycles. The number of hydrogen-bond acceptors (Lipinski definition) is 7. The van der Waals surface area contributed by atoms with Gasteiger partial charge in [-0.1, -0.05) is 46.3 Å². The fourth-order valence-corrected chi connectivity index (χ4v) is 8.74. The maximum Gasteiger partial charge on any atom is 0.523 e. The monoisotopic (exact) mass is 506 g/mol. The van der Waals surface area contributed by atoms with Crippen LogP contribution in [0.4, 0.5) is 18.0 Å². The standard InChI is InChI=1S/C23H29F3O7S/c1-9-8-21-10(2)7-13-15(20(13,5)6)14(17(21)27)16(33-34(29,30)23(24,25)26)11(3)18-22(21,12(9)4)32-19(28)31-18/h8,10-16,18H,7H2,1-6H3/t10-,11+,12+,13-,14-,15-,16-,18-,21+,22-/m1/s1. The number of halogens is 3. The van der Waals surface area contributed by atoms with Crippen molar-refractivity contribution < 1.29 is 44.8 Å². The third kappa shape index (κ3) is 2.55. The molecular weight excluding hydrogens is 477 g/mol. The van der Waals surface area contributed by atoms with Gasteiger partial charge < -0.3 is 9.47 Å². The van der Waals surface area contributed by atoms with Gasteiger partial charge >= 0.3 is 21.8 Å². The number of fused-ring (bicyclic) bond motifs is 3. The fraction of sp³-hybridized carbons (Fsp3) is 0.826. The molecule has 1 aliphatic heterocycles. The summed E-state index contributed by atoms with van der Waals surface area (Å²) in [5, 5.41) is 0. The highest BCUT2D eigenvalue weighted by Gasteiger charge is 2.82. The number of carbonyl (C=O) groups is 2. The number of Topliss-reactive ketones (excluding diaryl/α,β-unsaturated/α-hetero) is 1. The summed E-state index contributed by atoms with van der Waals surface area (Å²) < 4.78 is 80.9. The Bertz CT molecular complexity index is 1110. The van der Waals surface area contributed by atoms with E-state index in [1.165, 1.54) is 6.92 Å². The van der Waals surface area contributed by atoms with Crippen LogP contribution < -0.4 is 0 Å². The first-order valence-corrected chi connectivity index (χ1v) is 13.0. The SMILES string of the molecule is CC1=C[C@]23C(=O)[C@@H]([C@H](OS(=O)(=O)C(F)(F)F)[C@H](C)[C@H]4OC(=O)O[C@]42[C@H]1C)[C@H]1[C@@H](C[C@H]3C)C1(C)C. The number of rotatable bonds is 2. The molecule has 0 aromatic carbocycles. The third-order valence-electron chi connectivity index (χ3n) is 9.82. The number of ketones is 1. The number of carbonyl (C=O) groups excluding carboxylic acids is 2. The van der Waals surface area contributed by atoms with Gasteiger partial charge in [-0.3, -0.25) is 8.98 Å². The molecule has 0 aromatic rings. The molecule has 7 nitrogen and oxygen atoms in total. The summed E-state index contributed by atoms with van der Waals surface area (Å²) in [5.41, 5.74) is -8.05. The van der Waals surface area contributed by atoms with E-state index in [1.54, 1.807) is 13.0 Å². The quantitative estimate of drug-likeness (QED) is 0.239. The van der Waals surface area contributed by atoms with Crippen LogP contribution in [0.1, 0.15) is 48.0 Å². The minimum atomic E-state index is -6.02. The van der Waals surface area contributed by atoms with E-state index in [2.05, 4.69) is 0 Å². The van der Waals surface area contributed by atoms with E-state index in [9.17, 15) is 31.2 Å². The van der Waals surface area contributed by atoms with E-state index in [-0.39, 0.29) is 23.2 Å². The summed E-state index contributed by atoms with van der Waals surface area (Å²) >= 11 is 0. The van der Waals surface area contributed by atoms with Gasteiger partial charge in [0.25, 0.3) is 0 Å². The smallest absolute Gasteiger partial charge is 0.426 e. The van der Waals surface area contributed by atoms with Crippen molar-refractivity contribution in [2.24, 2.45) is 46.3 Å².